The summed E-state index contributed by atoms with van der Waals surface area (Å²) in [6.07, 6.45) is -0.661. The van der Waals surface area contributed by atoms with Crippen molar-refractivity contribution in [3.63, 3.8) is 0 Å². The van der Waals surface area contributed by atoms with Gasteiger partial charge in [0.2, 0.25) is 12.6 Å². The number of ketones is 2. The van der Waals surface area contributed by atoms with Crippen molar-refractivity contribution in [3.8, 4) is 11.5 Å². The molecule has 7 heteroatoms. The molecular weight excluding hydrogens is 278 g/mol. The maximum absolute atomic E-state index is 12.0. The van der Waals surface area contributed by atoms with Crippen molar-refractivity contribution in [3.05, 3.63) is 23.9 Å². The predicted octanol–water partition coefficient (Wildman–Crippen LogP) is 1.13. The van der Waals surface area contributed by atoms with E-state index in [1.807, 2.05) is 0 Å². The van der Waals surface area contributed by atoms with Crippen LogP contribution in [0.3, 0.4) is 0 Å². The second-order valence-corrected chi connectivity index (χ2v) is 4.68. The highest BCUT2D eigenvalue weighted by Gasteiger charge is 2.22. The lowest BCUT2D eigenvalue weighted by Crippen LogP contribution is -2.18. The number of benzene rings is 1. The van der Waals surface area contributed by atoms with Crippen LogP contribution in [0.1, 0.15) is 16.9 Å². The first-order valence-corrected chi connectivity index (χ1v) is 6.16. The van der Waals surface area contributed by atoms with E-state index in [2.05, 4.69) is 0 Å². The molecule has 0 radical (unpaired) electrons. The Hall–Kier alpha value is -2.83. The minimum absolute atomic E-state index is 0.157. The fraction of sp³-hybridized carbons (Fsp3) is 0.214. The molecule has 108 valence electrons. The first-order chi connectivity index (χ1) is 9.97. The average Bonchev–Trinajstić information content (AvgIpc) is 3.01. The normalized spacial score (nSPS) is 12.6. The van der Waals surface area contributed by atoms with E-state index < -0.39 is 24.0 Å². The molecule has 1 aliphatic rings. The number of nitrogens with zero attached hydrogens (tertiary/aromatic N) is 1. The van der Waals surface area contributed by atoms with E-state index in [0.717, 1.165) is 10.9 Å². The van der Waals surface area contributed by atoms with Crippen LogP contribution in [0.25, 0.3) is 10.9 Å². The summed E-state index contributed by atoms with van der Waals surface area (Å²) in [6.45, 7) is 0.157. The zero-order valence-electron chi connectivity index (χ0n) is 11.1. The van der Waals surface area contributed by atoms with Gasteiger partial charge in [-0.05, 0) is 12.1 Å². The van der Waals surface area contributed by atoms with Crippen LogP contribution in [0.5, 0.6) is 11.5 Å². The highest BCUT2D eigenvalue weighted by molar-refractivity contribution is 6.37. The molecule has 0 spiro atoms. The number of Topliss-reactive ketones (excluding diaryl/α,β-unsaturated/α-hetero) is 2. The van der Waals surface area contributed by atoms with Gasteiger partial charge in [-0.1, -0.05) is 0 Å². The van der Waals surface area contributed by atoms with Gasteiger partial charge in [0, 0.05) is 18.5 Å². The van der Waals surface area contributed by atoms with Crippen LogP contribution in [0.15, 0.2) is 18.2 Å². The molecule has 1 N–H and O–H groups in total. The Morgan fingerprint density at radius 1 is 1.19 bits per heavy atom. The summed E-state index contributed by atoms with van der Waals surface area (Å²) in [5.74, 6) is -2.09. The molecule has 0 atom stereocenters. The molecule has 3 rings (SSSR count). The van der Waals surface area contributed by atoms with Gasteiger partial charge < -0.3 is 19.1 Å². The number of fused-ring (bicyclic) bond motifs is 2. The number of rotatable bonds is 4. The molecule has 0 fully saturated rings. The summed E-state index contributed by atoms with van der Waals surface area (Å²) in [6, 6.07) is 5.09. The van der Waals surface area contributed by atoms with Crippen LogP contribution in [0, 0.1) is 0 Å². The number of carboxylic acids is 1. The van der Waals surface area contributed by atoms with E-state index in [9.17, 15) is 14.4 Å². The summed E-state index contributed by atoms with van der Waals surface area (Å²) in [4.78, 5) is 33.7. The van der Waals surface area contributed by atoms with E-state index in [0.29, 0.717) is 11.5 Å². The fourth-order valence-corrected chi connectivity index (χ4v) is 2.31. The molecule has 0 saturated heterocycles. The fourth-order valence-electron chi connectivity index (χ4n) is 2.31. The highest BCUT2D eigenvalue weighted by atomic mass is 16.7. The van der Waals surface area contributed by atoms with E-state index in [1.54, 1.807) is 29.8 Å². The molecule has 0 bridgehead atoms. The van der Waals surface area contributed by atoms with Gasteiger partial charge in [0.25, 0.3) is 0 Å². The molecule has 0 saturated carbocycles. The Labute approximate surface area is 118 Å². The predicted molar refractivity (Wildman–Crippen MR) is 70.6 cm³/mol. The molecule has 0 unspecified atom stereocenters. The molecule has 7 nitrogen and oxygen atoms in total. The molecule has 1 aromatic carbocycles. The number of carbonyl (C=O) groups excluding carboxylic acids is 2. The van der Waals surface area contributed by atoms with Crippen molar-refractivity contribution >= 4 is 28.4 Å². The Bertz CT molecular complexity index is 788. The van der Waals surface area contributed by atoms with Crippen molar-refractivity contribution in [1.29, 1.82) is 0 Å². The summed E-state index contributed by atoms with van der Waals surface area (Å²) in [5, 5.41) is 9.31. The first-order valence-electron chi connectivity index (χ1n) is 6.16. The number of hydrogen-bond acceptors (Lipinski definition) is 5. The number of aliphatic carboxylic acids is 1. The first kappa shape index (κ1) is 13.2. The summed E-state index contributed by atoms with van der Waals surface area (Å²) in [5.41, 5.74) is 1.01. The third kappa shape index (κ3) is 2.12. The Kier molecular flexibility index (Phi) is 2.90. The van der Waals surface area contributed by atoms with Gasteiger partial charge in [-0.2, -0.15) is 0 Å². The van der Waals surface area contributed by atoms with Gasteiger partial charge in [0.05, 0.1) is 17.6 Å². The smallest absolute Gasteiger partial charge is 0.372 e. The minimum atomic E-state index is -1.61. The van der Waals surface area contributed by atoms with Gasteiger partial charge in [-0.15, -0.1) is 0 Å². The number of hydrogen-bond donors (Lipinski definition) is 1. The van der Waals surface area contributed by atoms with Crippen LogP contribution >= 0.6 is 0 Å². The molecule has 21 heavy (non-hydrogen) atoms. The van der Waals surface area contributed by atoms with Crippen molar-refractivity contribution in [2.24, 2.45) is 7.05 Å². The van der Waals surface area contributed by atoms with E-state index >= 15 is 0 Å². The maximum atomic E-state index is 12.0. The molecule has 0 amide bonds. The van der Waals surface area contributed by atoms with Crippen LogP contribution in [-0.4, -0.2) is 34.0 Å². The zero-order valence-corrected chi connectivity index (χ0v) is 11.1. The largest absolute Gasteiger partial charge is 0.475 e. The lowest BCUT2D eigenvalue weighted by atomic mass is 10.1. The topological polar surface area (TPSA) is 94.8 Å². The van der Waals surface area contributed by atoms with Crippen molar-refractivity contribution in [2.45, 2.75) is 6.42 Å². The van der Waals surface area contributed by atoms with Crippen LogP contribution in [0.4, 0.5) is 0 Å². The molecule has 1 aromatic heterocycles. The second-order valence-electron chi connectivity index (χ2n) is 4.68. The molecular formula is C14H11NO6. The highest BCUT2D eigenvalue weighted by Crippen LogP contribution is 2.37. The standard InChI is InChI=1S/C14H11NO6/c1-15-8-4-13-12(20-6-21-13)3-7(8)2-9(15)10(16)5-11(17)14(18)19/h2-4H,5-6H2,1H3,(H,18,19). The molecule has 0 aliphatic carbocycles. The SMILES string of the molecule is Cn1c(C(=O)CC(=O)C(=O)O)cc2cc3c(cc21)OCO3. The number of aromatic nitrogens is 1. The van der Waals surface area contributed by atoms with Crippen LogP contribution in [-0.2, 0) is 16.6 Å². The number of ether oxygens (including phenoxy) is 2. The van der Waals surface area contributed by atoms with Crippen LogP contribution < -0.4 is 9.47 Å². The maximum Gasteiger partial charge on any atom is 0.372 e. The van der Waals surface area contributed by atoms with Crippen molar-refractivity contribution < 1.29 is 29.0 Å². The molecule has 1 aliphatic heterocycles. The summed E-state index contributed by atoms with van der Waals surface area (Å²) in [7, 11) is 1.67. The van der Waals surface area contributed by atoms with Gasteiger partial charge in [-0.3, -0.25) is 9.59 Å². The number of carboxylic acid groups (broad SMARTS) is 1. The summed E-state index contributed by atoms with van der Waals surface area (Å²) < 4.78 is 12.1. The monoisotopic (exact) mass is 289 g/mol. The quantitative estimate of drug-likeness (QED) is 0.515. The van der Waals surface area contributed by atoms with E-state index in [-0.39, 0.29) is 12.5 Å². The summed E-state index contributed by atoms with van der Waals surface area (Å²) >= 11 is 0. The minimum Gasteiger partial charge on any atom is -0.475 e. The van der Waals surface area contributed by atoms with Gasteiger partial charge >= 0.3 is 5.97 Å². The zero-order chi connectivity index (χ0) is 15.1. The van der Waals surface area contributed by atoms with Crippen LogP contribution in [0.2, 0.25) is 0 Å². The Morgan fingerprint density at radius 2 is 1.86 bits per heavy atom. The number of aryl methyl sites for hydroxylation is 1. The number of carbonyl (C=O) groups is 3. The lowest BCUT2D eigenvalue weighted by molar-refractivity contribution is -0.148. The Balaban J connectivity index is 2.00. The third-order valence-corrected chi connectivity index (χ3v) is 3.38. The van der Waals surface area contributed by atoms with E-state index in [4.69, 9.17) is 14.6 Å². The second kappa shape index (κ2) is 4.62. The van der Waals surface area contributed by atoms with Crippen molar-refractivity contribution in [1.82, 2.24) is 4.57 Å². The van der Waals surface area contributed by atoms with E-state index in [1.165, 1.54) is 0 Å². The lowest BCUT2D eigenvalue weighted by Gasteiger charge is -2.02. The van der Waals surface area contributed by atoms with Crippen molar-refractivity contribution in [2.75, 3.05) is 6.79 Å². The third-order valence-electron chi connectivity index (χ3n) is 3.38. The van der Waals surface area contributed by atoms with Gasteiger partial charge in [0.1, 0.15) is 0 Å². The van der Waals surface area contributed by atoms with Gasteiger partial charge in [0.15, 0.2) is 17.3 Å². The van der Waals surface area contributed by atoms with Gasteiger partial charge in [-0.25, -0.2) is 4.79 Å². The molecule has 2 heterocycles. The Morgan fingerprint density at radius 3 is 2.52 bits per heavy atom. The average molecular weight is 289 g/mol. The molecule has 2 aromatic rings.